The lowest BCUT2D eigenvalue weighted by Gasteiger charge is -2.24. The maximum absolute atomic E-state index is 12.5. The van der Waals surface area contributed by atoms with Gasteiger partial charge in [-0.2, -0.15) is 5.10 Å². The van der Waals surface area contributed by atoms with Crippen molar-refractivity contribution in [2.24, 2.45) is 7.05 Å². The molecule has 6 nitrogen and oxygen atoms in total. The summed E-state index contributed by atoms with van der Waals surface area (Å²) < 4.78 is 1.73. The van der Waals surface area contributed by atoms with Crippen LogP contribution in [0.1, 0.15) is 30.2 Å². The van der Waals surface area contributed by atoms with Gasteiger partial charge in [0, 0.05) is 36.6 Å². The third kappa shape index (κ3) is 4.35. The van der Waals surface area contributed by atoms with Gasteiger partial charge in [-0.3, -0.25) is 14.3 Å². The number of aryl methyl sites for hydroxylation is 3. The van der Waals surface area contributed by atoms with E-state index in [1.807, 2.05) is 45.3 Å². The summed E-state index contributed by atoms with van der Waals surface area (Å²) in [5.41, 5.74) is 4.17. The molecule has 1 heterocycles. The maximum atomic E-state index is 12.5. The van der Waals surface area contributed by atoms with Gasteiger partial charge in [-0.05, 0) is 37.6 Å². The Morgan fingerprint density at radius 2 is 2.08 bits per heavy atom. The summed E-state index contributed by atoms with van der Waals surface area (Å²) in [5.74, 6) is -0.273. The molecule has 0 saturated heterocycles. The highest BCUT2D eigenvalue weighted by Crippen LogP contribution is 2.27. The minimum Gasteiger partial charge on any atom is -0.326 e. The summed E-state index contributed by atoms with van der Waals surface area (Å²) in [6.45, 7) is 9.63. The number of nitrogens with zero attached hydrogens (tertiary/aromatic N) is 3. The van der Waals surface area contributed by atoms with Crippen LogP contribution in [0.25, 0.3) is 0 Å². The fourth-order valence-corrected chi connectivity index (χ4v) is 2.59. The van der Waals surface area contributed by atoms with E-state index in [9.17, 15) is 9.59 Å². The predicted octanol–water partition coefficient (Wildman–Crippen LogP) is 3.10. The van der Waals surface area contributed by atoms with Gasteiger partial charge >= 0.3 is 0 Å². The van der Waals surface area contributed by atoms with Crippen molar-refractivity contribution < 1.29 is 9.59 Å². The van der Waals surface area contributed by atoms with Crippen LogP contribution in [0.3, 0.4) is 0 Å². The summed E-state index contributed by atoms with van der Waals surface area (Å²) in [4.78, 5) is 25.8. The summed E-state index contributed by atoms with van der Waals surface area (Å²) in [7, 11) is 1.85. The van der Waals surface area contributed by atoms with E-state index in [1.54, 1.807) is 16.5 Å². The van der Waals surface area contributed by atoms with Crippen LogP contribution in [0.5, 0.6) is 0 Å². The second kappa shape index (κ2) is 7.79. The number of hydrogen-bond donors (Lipinski definition) is 1. The SMILES string of the molecule is C=CC(=O)N(Cc1cn(C)nc1C)c1cc(NC(=O)CC)ccc1C. The van der Waals surface area contributed by atoms with Gasteiger partial charge in [-0.25, -0.2) is 0 Å². The Morgan fingerprint density at radius 1 is 1.36 bits per heavy atom. The van der Waals surface area contributed by atoms with E-state index in [0.29, 0.717) is 18.7 Å². The summed E-state index contributed by atoms with van der Waals surface area (Å²) >= 11 is 0. The molecule has 1 aromatic heterocycles. The molecular weight excluding hydrogens is 316 g/mol. The summed E-state index contributed by atoms with van der Waals surface area (Å²) in [6.07, 6.45) is 3.59. The number of anilines is 2. The van der Waals surface area contributed by atoms with E-state index in [4.69, 9.17) is 0 Å². The molecule has 25 heavy (non-hydrogen) atoms. The molecule has 0 radical (unpaired) electrons. The Balaban J connectivity index is 2.41. The first-order valence-electron chi connectivity index (χ1n) is 8.19. The van der Waals surface area contributed by atoms with E-state index >= 15 is 0 Å². The van der Waals surface area contributed by atoms with Gasteiger partial charge in [-0.1, -0.05) is 19.6 Å². The minimum atomic E-state index is -0.203. The quantitative estimate of drug-likeness (QED) is 0.822. The third-order valence-corrected chi connectivity index (χ3v) is 3.99. The van der Waals surface area contributed by atoms with Gasteiger partial charge in [-0.15, -0.1) is 0 Å². The Hall–Kier alpha value is -2.89. The normalized spacial score (nSPS) is 10.4. The maximum Gasteiger partial charge on any atom is 0.250 e. The highest BCUT2D eigenvalue weighted by atomic mass is 16.2. The molecule has 0 aliphatic heterocycles. The third-order valence-electron chi connectivity index (χ3n) is 3.99. The van der Waals surface area contributed by atoms with Crippen LogP contribution in [-0.4, -0.2) is 21.6 Å². The van der Waals surface area contributed by atoms with Crippen molar-refractivity contribution in [3.8, 4) is 0 Å². The topological polar surface area (TPSA) is 67.2 Å². The highest BCUT2D eigenvalue weighted by molar-refractivity contribution is 6.02. The second-order valence-corrected chi connectivity index (χ2v) is 5.94. The fraction of sp³-hybridized carbons (Fsp3) is 0.316. The Bertz CT molecular complexity index is 808. The van der Waals surface area contributed by atoms with Gasteiger partial charge in [0.05, 0.1) is 12.2 Å². The lowest BCUT2D eigenvalue weighted by Crippen LogP contribution is -2.29. The molecule has 6 heteroatoms. The van der Waals surface area contributed by atoms with Crippen molar-refractivity contribution >= 4 is 23.2 Å². The zero-order chi connectivity index (χ0) is 18.6. The number of amides is 2. The standard InChI is InChI=1S/C19H24N4O2/c1-6-18(24)20-16-9-8-13(3)17(10-16)23(19(25)7-2)12-15-11-22(5)21-14(15)4/h7-11H,2,6,12H2,1,3-5H3,(H,20,24). The Labute approximate surface area is 148 Å². The average molecular weight is 340 g/mol. The van der Waals surface area contributed by atoms with E-state index < -0.39 is 0 Å². The van der Waals surface area contributed by atoms with E-state index in [2.05, 4.69) is 17.0 Å². The van der Waals surface area contributed by atoms with Gasteiger partial charge in [0.15, 0.2) is 0 Å². The van der Waals surface area contributed by atoms with Crippen molar-refractivity contribution in [2.75, 3.05) is 10.2 Å². The minimum absolute atomic E-state index is 0.0699. The molecule has 0 bridgehead atoms. The number of nitrogens with one attached hydrogen (secondary N) is 1. The van der Waals surface area contributed by atoms with Crippen LogP contribution in [0, 0.1) is 13.8 Å². The number of rotatable bonds is 6. The summed E-state index contributed by atoms with van der Waals surface area (Å²) in [5, 5.41) is 7.16. The molecule has 132 valence electrons. The lowest BCUT2D eigenvalue weighted by molar-refractivity contribution is -0.116. The average Bonchev–Trinajstić information content (AvgIpc) is 2.91. The molecule has 0 fully saturated rings. The Kier molecular flexibility index (Phi) is 5.75. The first-order valence-corrected chi connectivity index (χ1v) is 8.19. The molecule has 1 N–H and O–H groups in total. The van der Waals surface area contributed by atoms with Crippen molar-refractivity contribution in [3.05, 3.63) is 53.9 Å². The highest BCUT2D eigenvalue weighted by Gasteiger charge is 2.18. The van der Waals surface area contributed by atoms with Gasteiger partial charge in [0.2, 0.25) is 5.91 Å². The van der Waals surface area contributed by atoms with E-state index in [0.717, 1.165) is 22.5 Å². The predicted molar refractivity (Wildman–Crippen MR) is 99.4 cm³/mol. The van der Waals surface area contributed by atoms with Crippen LogP contribution < -0.4 is 10.2 Å². The zero-order valence-electron chi connectivity index (χ0n) is 15.2. The van der Waals surface area contributed by atoms with Gasteiger partial charge in [0.1, 0.15) is 0 Å². The largest absolute Gasteiger partial charge is 0.326 e. The van der Waals surface area contributed by atoms with Crippen molar-refractivity contribution in [3.63, 3.8) is 0 Å². The molecule has 0 atom stereocenters. The van der Waals surface area contributed by atoms with Crippen LogP contribution in [0.4, 0.5) is 11.4 Å². The molecule has 0 spiro atoms. The zero-order valence-corrected chi connectivity index (χ0v) is 15.2. The van der Waals surface area contributed by atoms with Crippen LogP contribution in [0.2, 0.25) is 0 Å². The van der Waals surface area contributed by atoms with E-state index in [1.165, 1.54) is 6.08 Å². The number of aromatic nitrogens is 2. The first-order chi connectivity index (χ1) is 11.8. The molecule has 0 unspecified atom stereocenters. The molecule has 2 rings (SSSR count). The number of hydrogen-bond acceptors (Lipinski definition) is 3. The number of benzene rings is 1. The molecular formula is C19H24N4O2. The molecule has 2 aromatic rings. The van der Waals surface area contributed by atoms with Crippen molar-refractivity contribution in [2.45, 2.75) is 33.7 Å². The molecule has 0 aliphatic carbocycles. The summed E-state index contributed by atoms with van der Waals surface area (Å²) in [6, 6.07) is 5.54. The number of carbonyl (C=O) groups excluding carboxylic acids is 2. The first kappa shape index (κ1) is 18.4. The fourth-order valence-electron chi connectivity index (χ4n) is 2.59. The lowest BCUT2D eigenvalue weighted by atomic mass is 10.1. The molecule has 1 aromatic carbocycles. The van der Waals surface area contributed by atoms with Crippen molar-refractivity contribution in [1.29, 1.82) is 0 Å². The smallest absolute Gasteiger partial charge is 0.250 e. The van der Waals surface area contributed by atoms with Crippen LogP contribution in [-0.2, 0) is 23.2 Å². The molecule has 2 amide bonds. The molecule has 0 saturated carbocycles. The second-order valence-electron chi connectivity index (χ2n) is 5.94. The van der Waals surface area contributed by atoms with Gasteiger partial charge < -0.3 is 10.2 Å². The van der Waals surface area contributed by atoms with Crippen molar-refractivity contribution in [1.82, 2.24) is 9.78 Å². The Morgan fingerprint density at radius 3 is 2.64 bits per heavy atom. The van der Waals surface area contributed by atoms with Crippen LogP contribution >= 0.6 is 0 Å². The van der Waals surface area contributed by atoms with Gasteiger partial charge in [0.25, 0.3) is 5.91 Å². The molecule has 0 aliphatic rings. The van der Waals surface area contributed by atoms with E-state index in [-0.39, 0.29) is 11.8 Å². The van der Waals surface area contributed by atoms with Crippen LogP contribution in [0.15, 0.2) is 37.1 Å². The monoisotopic (exact) mass is 340 g/mol. The number of carbonyl (C=O) groups is 2.